The Morgan fingerprint density at radius 3 is 2.54 bits per heavy atom. The Balaban J connectivity index is 3.03. The maximum absolute atomic E-state index is 12.5. The first-order valence-electron chi connectivity index (χ1n) is 3.41. The first-order chi connectivity index (χ1) is 6.02. The van der Waals surface area contributed by atoms with Gasteiger partial charge in [0.1, 0.15) is 0 Å². The lowest BCUT2D eigenvalue weighted by Gasteiger charge is -2.05. The van der Waals surface area contributed by atoms with Crippen LogP contribution in [0.4, 0.5) is 4.39 Å². The van der Waals surface area contributed by atoms with Gasteiger partial charge in [-0.2, -0.15) is 0 Å². The van der Waals surface area contributed by atoms with Gasteiger partial charge in [-0.3, -0.25) is 0 Å². The van der Waals surface area contributed by atoms with E-state index in [1.165, 1.54) is 0 Å². The number of hydrogen-bond acceptors (Lipinski definition) is 3. The van der Waals surface area contributed by atoms with E-state index in [1.807, 2.05) is 0 Å². The van der Waals surface area contributed by atoms with Crippen molar-refractivity contribution in [2.24, 2.45) is 0 Å². The highest BCUT2D eigenvalue weighted by molar-refractivity contribution is 5.74. The molecule has 1 rings (SSSR count). The second kappa shape index (κ2) is 3.40. The average Bonchev–Trinajstić information content (AvgIpc) is 2.08. The van der Waals surface area contributed by atoms with E-state index in [1.54, 1.807) is 0 Å². The Bertz CT molecular complexity index is 337. The van der Waals surface area contributed by atoms with Gasteiger partial charge in [0.25, 0.3) is 0 Å². The van der Waals surface area contributed by atoms with Crippen molar-refractivity contribution >= 4 is 5.97 Å². The number of aliphatic hydroxyl groups is 1. The highest BCUT2D eigenvalue weighted by Crippen LogP contribution is 2.21. The van der Waals surface area contributed by atoms with Gasteiger partial charge in [0.2, 0.25) is 0 Å². The minimum Gasteiger partial charge on any atom is -0.505 e. The zero-order chi connectivity index (χ0) is 10.0. The van der Waals surface area contributed by atoms with Crippen molar-refractivity contribution in [1.29, 1.82) is 0 Å². The molecule has 0 amide bonds. The van der Waals surface area contributed by atoms with Gasteiger partial charge >= 0.3 is 5.97 Å². The van der Waals surface area contributed by atoms with Crippen LogP contribution in [0.3, 0.4) is 0 Å². The number of aliphatic hydroxyl groups excluding tert-OH is 1. The molecule has 0 saturated heterocycles. The minimum absolute atomic E-state index is 0.0635. The standard InChI is InChI=1S/C8H7FO4/c9-5-2-1-4(3-6(5)10)7(11)8(12)13/h1-3,7,10-11H,(H,12,13). The predicted octanol–water partition coefficient (Wildman–Crippen LogP) is 0.649. The number of carboxylic acid groups (broad SMARTS) is 1. The molecule has 70 valence electrons. The number of halogens is 1. The van der Waals surface area contributed by atoms with Gasteiger partial charge in [-0.1, -0.05) is 6.07 Å². The lowest BCUT2D eigenvalue weighted by molar-refractivity contribution is -0.146. The number of phenolic OH excluding ortho intramolecular Hbond substituents is 1. The van der Waals surface area contributed by atoms with Gasteiger partial charge in [0.05, 0.1) is 0 Å². The van der Waals surface area contributed by atoms with Crippen LogP contribution in [0.1, 0.15) is 11.7 Å². The van der Waals surface area contributed by atoms with E-state index < -0.39 is 23.6 Å². The summed E-state index contributed by atoms with van der Waals surface area (Å²) in [5.41, 5.74) is -0.0635. The molecular formula is C8H7FO4. The summed E-state index contributed by atoms with van der Waals surface area (Å²) < 4.78 is 12.5. The summed E-state index contributed by atoms with van der Waals surface area (Å²) in [6.07, 6.45) is -1.74. The average molecular weight is 186 g/mol. The molecule has 1 aromatic rings. The van der Waals surface area contributed by atoms with Crippen molar-refractivity contribution in [2.45, 2.75) is 6.10 Å². The topological polar surface area (TPSA) is 77.8 Å². The van der Waals surface area contributed by atoms with E-state index in [0.29, 0.717) is 0 Å². The molecule has 0 spiro atoms. The van der Waals surface area contributed by atoms with Gasteiger partial charge < -0.3 is 15.3 Å². The molecule has 3 N–H and O–H groups in total. The number of rotatable bonds is 2. The molecule has 0 fully saturated rings. The third kappa shape index (κ3) is 1.94. The molecule has 0 bridgehead atoms. The number of hydrogen-bond donors (Lipinski definition) is 3. The SMILES string of the molecule is O=C(O)C(O)c1ccc(F)c(O)c1. The van der Waals surface area contributed by atoms with Crippen molar-refractivity contribution in [2.75, 3.05) is 0 Å². The molecule has 0 aliphatic carbocycles. The summed E-state index contributed by atoms with van der Waals surface area (Å²) >= 11 is 0. The second-order valence-corrected chi connectivity index (χ2v) is 2.45. The number of benzene rings is 1. The molecular weight excluding hydrogens is 179 g/mol. The Morgan fingerprint density at radius 2 is 2.08 bits per heavy atom. The lowest BCUT2D eigenvalue weighted by atomic mass is 10.1. The van der Waals surface area contributed by atoms with Crippen molar-refractivity contribution < 1.29 is 24.5 Å². The Hall–Kier alpha value is -1.62. The first kappa shape index (κ1) is 9.47. The summed E-state index contributed by atoms with van der Waals surface area (Å²) in [7, 11) is 0. The molecule has 5 heteroatoms. The fourth-order valence-corrected chi connectivity index (χ4v) is 0.842. The maximum Gasteiger partial charge on any atom is 0.337 e. The molecule has 0 aliphatic rings. The molecule has 0 saturated carbocycles. The molecule has 0 radical (unpaired) electrons. The van der Waals surface area contributed by atoms with E-state index >= 15 is 0 Å². The Kier molecular flexibility index (Phi) is 2.48. The van der Waals surface area contributed by atoms with Gasteiger partial charge in [0.15, 0.2) is 17.7 Å². The number of carbonyl (C=O) groups is 1. The summed E-state index contributed by atoms with van der Waals surface area (Å²) in [4.78, 5) is 10.3. The third-order valence-corrected chi connectivity index (χ3v) is 1.52. The molecule has 0 aromatic heterocycles. The fraction of sp³-hybridized carbons (Fsp3) is 0.125. The molecule has 1 aromatic carbocycles. The minimum atomic E-state index is -1.74. The monoisotopic (exact) mass is 186 g/mol. The first-order valence-corrected chi connectivity index (χ1v) is 3.41. The van der Waals surface area contributed by atoms with Crippen molar-refractivity contribution in [3.05, 3.63) is 29.6 Å². The van der Waals surface area contributed by atoms with Crippen molar-refractivity contribution in [3.63, 3.8) is 0 Å². The van der Waals surface area contributed by atoms with E-state index in [4.69, 9.17) is 15.3 Å². The van der Waals surface area contributed by atoms with Gasteiger partial charge in [-0.15, -0.1) is 0 Å². The quantitative estimate of drug-likeness (QED) is 0.633. The lowest BCUT2D eigenvalue weighted by Crippen LogP contribution is -2.10. The van der Waals surface area contributed by atoms with Crippen molar-refractivity contribution in [1.82, 2.24) is 0 Å². The van der Waals surface area contributed by atoms with E-state index in [9.17, 15) is 9.18 Å². The van der Waals surface area contributed by atoms with Crippen LogP contribution in [-0.4, -0.2) is 21.3 Å². The number of aromatic hydroxyl groups is 1. The normalized spacial score (nSPS) is 12.5. The van der Waals surface area contributed by atoms with Crippen molar-refractivity contribution in [3.8, 4) is 5.75 Å². The smallest absolute Gasteiger partial charge is 0.337 e. The molecule has 1 atom stereocenters. The molecule has 0 heterocycles. The molecule has 1 unspecified atom stereocenters. The molecule has 0 aliphatic heterocycles. The van der Waals surface area contributed by atoms with E-state index in [-0.39, 0.29) is 5.56 Å². The van der Waals surface area contributed by atoms with Gasteiger partial charge in [-0.25, -0.2) is 9.18 Å². The largest absolute Gasteiger partial charge is 0.505 e. The van der Waals surface area contributed by atoms with Crippen LogP contribution >= 0.6 is 0 Å². The Morgan fingerprint density at radius 1 is 1.46 bits per heavy atom. The van der Waals surface area contributed by atoms with Crippen LogP contribution in [0.5, 0.6) is 5.75 Å². The Labute approximate surface area is 72.9 Å². The number of phenols is 1. The van der Waals surface area contributed by atoms with Crippen LogP contribution in [0.25, 0.3) is 0 Å². The van der Waals surface area contributed by atoms with Crippen LogP contribution in [0.2, 0.25) is 0 Å². The third-order valence-electron chi connectivity index (χ3n) is 1.52. The van der Waals surface area contributed by atoms with E-state index in [0.717, 1.165) is 18.2 Å². The summed E-state index contributed by atoms with van der Waals surface area (Å²) in [5.74, 6) is -3.00. The summed E-state index contributed by atoms with van der Waals surface area (Å²) in [6.45, 7) is 0. The van der Waals surface area contributed by atoms with Crippen LogP contribution in [0.15, 0.2) is 18.2 Å². The van der Waals surface area contributed by atoms with E-state index in [2.05, 4.69) is 0 Å². The highest BCUT2D eigenvalue weighted by Gasteiger charge is 2.16. The predicted molar refractivity (Wildman–Crippen MR) is 40.7 cm³/mol. The van der Waals surface area contributed by atoms with Gasteiger partial charge in [-0.05, 0) is 17.7 Å². The zero-order valence-electron chi connectivity index (χ0n) is 6.44. The number of carboxylic acids is 1. The maximum atomic E-state index is 12.5. The second-order valence-electron chi connectivity index (χ2n) is 2.45. The van der Waals surface area contributed by atoms with Crippen LogP contribution in [-0.2, 0) is 4.79 Å². The summed E-state index contributed by atoms with van der Waals surface area (Å²) in [5, 5.41) is 26.2. The van der Waals surface area contributed by atoms with Crippen LogP contribution < -0.4 is 0 Å². The number of aliphatic carboxylic acids is 1. The molecule has 13 heavy (non-hydrogen) atoms. The van der Waals surface area contributed by atoms with Gasteiger partial charge in [0, 0.05) is 0 Å². The highest BCUT2D eigenvalue weighted by atomic mass is 19.1. The summed E-state index contributed by atoms with van der Waals surface area (Å²) in [6, 6.07) is 2.85. The van der Waals surface area contributed by atoms with Crippen LogP contribution in [0, 0.1) is 5.82 Å². The fourth-order valence-electron chi connectivity index (χ4n) is 0.842. The molecule has 4 nitrogen and oxygen atoms in total. The zero-order valence-corrected chi connectivity index (χ0v) is 6.44.